The first-order chi connectivity index (χ1) is 11.8. The molecule has 0 saturated carbocycles. The summed E-state index contributed by atoms with van der Waals surface area (Å²) in [4.78, 5) is 23.7. The molecule has 0 saturated heterocycles. The Kier molecular flexibility index (Phi) is 4.51. The van der Waals surface area contributed by atoms with Crippen LogP contribution < -0.4 is 15.0 Å². The van der Waals surface area contributed by atoms with E-state index in [4.69, 9.17) is 0 Å². The molecule has 0 bridgehead atoms. The molecule has 0 unspecified atom stereocenters. The molecule has 1 aromatic rings. The van der Waals surface area contributed by atoms with Gasteiger partial charge in [-0.15, -0.1) is 0 Å². The summed E-state index contributed by atoms with van der Waals surface area (Å²) in [5, 5.41) is 6.62. The van der Waals surface area contributed by atoms with Crippen LogP contribution in [0.2, 0.25) is 0 Å². The van der Waals surface area contributed by atoms with E-state index >= 15 is 0 Å². The summed E-state index contributed by atoms with van der Waals surface area (Å²) in [7, 11) is -3.33. The van der Waals surface area contributed by atoms with Crippen molar-refractivity contribution in [1.29, 1.82) is 0 Å². The minimum atomic E-state index is -3.33. The molecule has 2 heterocycles. The number of carbonyl (C=O) groups is 2. The maximum absolute atomic E-state index is 12.1. The standard InChI is InChI=1S/C16H20N4O4S/c1-10-13(16(22)19-18-10)5-6-15(21)17-12-4-3-11-7-8-20(14(11)9-12)25(2,23)24/h3-4,9,13H,5-8H2,1-2H3,(H,17,21)(H,19,22)/t13-/m1/s1. The lowest BCUT2D eigenvalue weighted by atomic mass is 9.98. The molecule has 0 spiro atoms. The van der Waals surface area contributed by atoms with Crippen molar-refractivity contribution in [1.82, 2.24) is 5.43 Å². The van der Waals surface area contributed by atoms with Crippen molar-refractivity contribution in [2.75, 3.05) is 22.4 Å². The fraction of sp³-hybridized carbons (Fsp3) is 0.438. The zero-order valence-electron chi connectivity index (χ0n) is 14.1. The summed E-state index contributed by atoms with van der Waals surface area (Å²) in [5.74, 6) is -0.783. The Morgan fingerprint density at radius 3 is 2.84 bits per heavy atom. The molecule has 0 aliphatic carbocycles. The van der Waals surface area contributed by atoms with Crippen LogP contribution in [0.25, 0.3) is 0 Å². The van der Waals surface area contributed by atoms with Crippen molar-refractivity contribution < 1.29 is 18.0 Å². The third-order valence-corrected chi connectivity index (χ3v) is 5.63. The van der Waals surface area contributed by atoms with E-state index in [1.54, 1.807) is 19.1 Å². The number of nitrogens with one attached hydrogen (secondary N) is 2. The van der Waals surface area contributed by atoms with E-state index in [-0.39, 0.29) is 24.2 Å². The van der Waals surface area contributed by atoms with E-state index in [2.05, 4.69) is 15.8 Å². The normalized spacial score (nSPS) is 19.4. The molecule has 2 aliphatic rings. The van der Waals surface area contributed by atoms with Crippen LogP contribution in [0.5, 0.6) is 0 Å². The van der Waals surface area contributed by atoms with E-state index in [1.165, 1.54) is 10.6 Å². The number of carbonyl (C=O) groups excluding carboxylic acids is 2. The van der Waals surface area contributed by atoms with E-state index in [1.807, 2.05) is 6.07 Å². The lowest BCUT2D eigenvalue weighted by Gasteiger charge is -2.17. The zero-order valence-corrected chi connectivity index (χ0v) is 14.9. The minimum absolute atomic E-state index is 0.178. The highest BCUT2D eigenvalue weighted by atomic mass is 32.2. The number of sulfonamides is 1. The SMILES string of the molecule is CC1=NNC(=O)[C@@H]1CCC(=O)Nc1ccc2c(c1)N(S(C)(=O)=O)CC2. The lowest BCUT2D eigenvalue weighted by molar-refractivity contribution is -0.122. The van der Waals surface area contributed by atoms with Crippen LogP contribution in [0.4, 0.5) is 11.4 Å². The van der Waals surface area contributed by atoms with Gasteiger partial charge in [0.15, 0.2) is 0 Å². The van der Waals surface area contributed by atoms with Crippen LogP contribution in [0.1, 0.15) is 25.3 Å². The Labute approximate surface area is 146 Å². The van der Waals surface area contributed by atoms with Gasteiger partial charge in [0.2, 0.25) is 21.8 Å². The molecule has 3 rings (SSSR count). The summed E-state index contributed by atoms with van der Waals surface area (Å²) in [6.45, 7) is 2.17. The van der Waals surface area contributed by atoms with Gasteiger partial charge in [-0.1, -0.05) is 6.07 Å². The Hall–Kier alpha value is -2.42. The van der Waals surface area contributed by atoms with Crippen LogP contribution in [-0.4, -0.2) is 38.7 Å². The predicted molar refractivity (Wildman–Crippen MR) is 94.9 cm³/mol. The molecular weight excluding hydrogens is 344 g/mol. The zero-order chi connectivity index (χ0) is 18.2. The fourth-order valence-corrected chi connectivity index (χ4v) is 4.05. The maximum atomic E-state index is 12.1. The number of hydrazone groups is 1. The Bertz CT molecular complexity index is 863. The van der Waals surface area contributed by atoms with Crippen LogP contribution in [-0.2, 0) is 26.0 Å². The number of nitrogens with zero attached hydrogens (tertiary/aromatic N) is 2. The summed E-state index contributed by atoms with van der Waals surface area (Å²) in [5.41, 5.74) is 5.17. The quantitative estimate of drug-likeness (QED) is 0.807. The van der Waals surface area contributed by atoms with Gasteiger partial charge in [0, 0.05) is 24.4 Å². The molecule has 134 valence electrons. The summed E-state index contributed by atoms with van der Waals surface area (Å²) >= 11 is 0. The van der Waals surface area contributed by atoms with Gasteiger partial charge in [-0.25, -0.2) is 13.8 Å². The van der Waals surface area contributed by atoms with Gasteiger partial charge < -0.3 is 5.32 Å². The van der Waals surface area contributed by atoms with Crippen molar-refractivity contribution >= 4 is 38.9 Å². The molecule has 2 amide bonds. The summed E-state index contributed by atoms with van der Waals surface area (Å²) < 4.78 is 25.0. The van der Waals surface area contributed by atoms with Crippen molar-refractivity contribution in [2.24, 2.45) is 11.0 Å². The average Bonchev–Trinajstić information content (AvgIpc) is 3.08. The van der Waals surface area contributed by atoms with Gasteiger partial charge in [0.05, 0.1) is 17.9 Å². The maximum Gasteiger partial charge on any atom is 0.248 e. The van der Waals surface area contributed by atoms with Crippen molar-refractivity contribution in [3.8, 4) is 0 Å². The van der Waals surface area contributed by atoms with Crippen LogP contribution in [0.15, 0.2) is 23.3 Å². The molecule has 1 atom stereocenters. The molecule has 2 N–H and O–H groups in total. The van der Waals surface area contributed by atoms with Gasteiger partial charge in [0.25, 0.3) is 0 Å². The largest absolute Gasteiger partial charge is 0.326 e. The van der Waals surface area contributed by atoms with Crippen LogP contribution >= 0.6 is 0 Å². The third-order valence-electron chi connectivity index (χ3n) is 4.45. The number of fused-ring (bicyclic) bond motifs is 1. The molecule has 0 radical (unpaired) electrons. The van der Waals surface area contributed by atoms with E-state index < -0.39 is 10.0 Å². The fourth-order valence-electron chi connectivity index (χ4n) is 3.10. The highest BCUT2D eigenvalue weighted by molar-refractivity contribution is 7.92. The topological polar surface area (TPSA) is 108 Å². The second-order valence-corrected chi connectivity index (χ2v) is 8.20. The smallest absolute Gasteiger partial charge is 0.248 e. The van der Waals surface area contributed by atoms with Crippen molar-refractivity contribution in [3.05, 3.63) is 23.8 Å². The lowest BCUT2D eigenvalue weighted by Crippen LogP contribution is -2.27. The highest BCUT2D eigenvalue weighted by Gasteiger charge is 2.28. The van der Waals surface area contributed by atoms with Gasteiger partial charge in [0.1, 0.15) is 0 Å². The number of anilines is 2. The summed E-state index contributed by atoms with van der Waals surface area (Å²) in [6.07, 6.45) is 2.39. The Morgan fingerprint density at radius 1 is 1.44 bits per heavy atom. The first-order valence-electron chi connectivity index (χ1n) is 8.00. The number of amides is 2. The molecule has 1 aromatic carbocycles. The van der Waals surface area contributed by atoms with Gasteiger partial charge >= 0.3 is 0 Å². The first-order valence-corrected chi connectivity index (χ1v) is 9.85. The third kappa shape index (κ3) is 3.65. The number of rotatable bonds is 5. The molecule has 25 heavy (non-hydrogen) atoms. The second-order valence-electron chi connectivity index (χ2n) is 6.30. The molecule has 0 fully saturated rings. The molecule has 8 nitrogen and oxygen atoms in total. The Morgan fingerprint density at radius 2 is 2.20 bits per heavy atom. The average molecular weight is 364 g/mol. The van der Waals surface area contributed by atoms with Crippen LogP contribution in [0.3, 0.4) is 0 Å². The van der Waals surface area contributed by atoms with E-state index in [0.717, 1.165) is 5.56 Å². The monoisotopic (exact) mass is 364 g/mol. The van der Waals surface area contributed by atoms with Crippen LogP contribution in [0, 0.1) is 5.92 Å². The molecule has 0 aromatic heterocycles. The first kappa shape index (κ1) is 17.4. The van der Waals surface area contributed by atoms with Gasteiger partial charge in [-0.05, 0) is 37.5 Å². The summed E-state index contributed by atoms with van der Waals surface area (Å²) in [6, 6.07) is 5.27. The van der Waals surface area contributed by atoms with Gasteiger partial charge in [-0.3, -0.25) is 13.9 Å². The van der Waals surface area contributed by atoms with Crippen molar-refractivity contribution in [2.45, 2.75) is 26.2 Å². The second kappa shape index (κ2) is 6.47. The molecule has 9 heteroatoms. The van der Waals surface area contributed by atoms with E-state index in [9.17, 15) is 18.0 Å². The number of hydrogen-bond acceptors (Lipinski definition) is 5. The minimum Gasteiger partial charge on any atom is -0.326 e. The Balaban J connectivity index is 1.65. The van der Waals surface area contributed by atoms with E-state index in [0.29, 0.717) is 36.5 Å². The number of benzene rings is 1. The molecular formula is C16H20N4O4S. The number of hydrogen-bond donors (Lipinski definition) is 2. The van der Waals surface area contributed by atoms with Gasteiger partial charge in [-0.2, -0.15) is 5.10 Å². The molecule has 2 aliphatic heterocycles. The van der Waals surface area contributed by atoms with Crippen molar-refractivity contribution in [3.63, 3.8) is 0 Å². The predicted octanol–water partition coefficient (Wildman–Crippen LogP) is 0.849. The highest BCUT2D eigenvalue weighted by Crippen LogP contribution is 2.32.